The Morgan fingerprint density at radius 3 is 2.88 bits per heavy atom. The SMILES string of the molecule is COc1ccc(C(=O)N2CCCC2)cc1N[C@@H]1CCCc2occc21. The zero-order valence-electron chi connectivity index (χ0n) is 14.6. The summed E-state index contributed by atoms with van der Waals surface area (Å²) in [4.78, 5) is 14.6. The number of rotatable bonds is 4. The van der Waals surface area contributed by atoms with Gasteiger partial charge in [0.25, 0.3) is 5.91 Å². The van der Waals surface area contributed by atoms with Gasteiger partial charge in [0.05, 0.1) is 25.1 Å². The van der Waals surface area contributed by atoms with Crippen LogP contribution in [0.2, 0.25) is 0 Å². The van der Waals surface area contributed by atoms with Crippen molar-refractivity contribution in [1.82, 2.24) is 4.90 Å². The molecule has 1 aliphatic heterocycles. The summed E-state index contributed by atoms with van der Waals surface area (Å²) in [5, 5.41) is 3.57. The average molecular weight is 340 g/mol. The highest BCUT2D eigenvalue weighted by Crippen LogP contribution is 2.36. The topological polar surface area (TPSA) is 54.7 Å². The van der Waals surface area contributed by atoms with Crippen LogP contribution in [0.4, 0.5) is 5.69 Å². The Morgan fingerprint density at radius 2 is 2.08 bits per heavy atom. The molecule has 0 bridgehead atoms. The number of benzene rings is 1. The molecule has 0 radical (unpaired) electrons. The first-order valence-electron chi connectivity index (χ1n) is 9.06. The van der Waals surface area contributed by atoms with E-state index in [1.54, 1.807) is 13.4 Å². The summed E-state index contributed by atoms with van der Waals surface area (Å²) < 4.78 is 11.1. The Labute approximate surface area is 148 Å². The lowest BCUT2D eigenvalue weighted by Crippen LogP contribution is -2.27. The number of nitrogens with one attached hydrogen (secondary N) is 1. The Bertz CT molecular complexity index is 762. The van der Waals surface area contributed by atoms with Gasteiger partial charge < -0.3 is 19.4 Å². The van der Waals surface area contributed by atoms with E-state index in [2.05, 4.69) is 5.32 Å². The molecule has 0 unspecified atom stereocenters. The van der Waals surface area contributed by atoms with Crippen molar-refractivity contribution in [3.8, 4) is 5.75 Å². The molecule has 1 amide bonds. The summed E-state index contributed by atoms with van der Waals surface area (Å²) in [6, 6.07) is 7.89. The third-order valence-corrected chi connectivity index (χ3v) is 5.22. The lowest BCUT2D eigenvalue weighted by atomic mass is 9.93. The second-order valence-electron chi connectivity index (χ2n) is 6.80. The number of likely N-dealkylation sites (tertiary alicyclic amines) is 1. The van der Waals surface area contributed by atoms with Crippen LogP contribution >= 0.6 is 0 Å². The van der Waals surface area contributed by atoms with Crippen molar-refractivity contribution in [2.45, 2.75) is 38.1 Å². The van der Waals surface area contributed by atoms with E-state index in [-0.39, 0.29) is 11.9 Å². The first-order chi connectivity index (χ1) is 12.3. The van der Waals surface area contributed by atoms with Gasteiger partial charge in [0, 0.05) is 30.6 Å². The van der Waals surface area contributed by atoms with Gasteiger partial charge in [-0.05, 0) is 49.9 Å². The maximum atomic E-state index is 12.7. The zero-order chi connectivity index (χ0) is 17.2. The number of hydrogen-bond acceptors (Lipinski definition) is 4. The van der Waals surface area contributed by atoms with Gasteiger partial charge in [0.1, 0.15) is 11.5 Å². The van der Waals surface area contributed by atoms with Crippen molar-refractivity contribution in [1.29, 1.82) is 0 Å². The quantitative estimate of drug-likeness (QED) is 0.913. The van der Waals surface area contributed by atoms with Gasteiger partial charge in [0.2, 0.25) is 0 Å². The van der Waals surface area contributed by atoms with Crippen LogP contribution in [0.15, 0.2) is 34.9 Å². The molecule has 4 rings (SSSR count). The fourth-order valence-corrected chi connectivity index (χ4v) is 3.88. The standard InChI is InChI=1S/C20H24N2O3/c1-24-19-8-7-14(20(23)22-10-2-3-11-22)13-17(19)21-16-5-4-6-18-15(16)9-12-25-18/h7-9,12-13,16,21H,2-6,10-11H2,1H3/t16-/m1/s1. The molecule has 1 aromatic heterocycles. The smallest absolute Gasteiger partial charge is 0.253 e. The van der Waals surface area contributed by atoms with E-state index in [1.165, 1.54) is 5.56 Å². The molecule has 0 saturated carbocycles. The molecule has 5 heteroatoms. The number of anilines is 1. The Hall–Kier alpha value is -2.43. The van der Waals surface area contributed by atoms with Crippen molar-refractivity contribution >= 4 is 11.6 Å². The number of hydrogen-bond donors (Lipinski definition) is 1. The second-order valence-corrected chi connectivity index (χ2v) is 6.80. The second kappa shape index (κ2) is 6.82. The van der Waals surface area contributed by atoms with Crippen molar-refractivity contribution in [2.75, 3.05) is 25.5 Å². The molecule has 25 heavy (non-hydrogen) atoms. The largest absolute Gasteiger partial charge is 0.495 e. The van der Waals surface area contributed by atoms with Gasteiger partial charge in [-0.2, -0.15) is 0 Å². The fourth-order valence-electron chi connectivity index (χ4n) is 3.88. The van der Waals surface area contributed by atoms with Gasteiger partial charge >= 0.3 is 0 Å². The highest BCUT2D eigenvalue weighted by molar-refractivity contribution is 5.95. The minimum absolute atomic E-state index is 0.107. The van der Waals surface area contributed by atoms with E-state index in [1.807, 2.05) is 29.2 Å². The lowest BCUT2D eigenvalue weighted by molar-refractivity contribution is 0.0793. The van der Waals surface area contributed by atoms with Crippen molar-refractivity contribution < 1.29 is 13.9 Å². The summed E-state index contributed by atoms with van der Waals surface area (Å²) in [7, 11) is 1.66. The van der Waals surface area contributed by atoms with Crippen molar-refractivity contribution in [3.05, 3.63) is 47.4 Å². The molecule has 1 saturated heterocycles. The number of aryl methyl sites for hydroxylation is 1. The molecule has 5 nitrogen and oxygen atoms in total. The summed E-state index contributed by atoms with van der Waals surface area (Å²) in [5.41, 5.74) is 2.80. The van der Waals surface area contributed by atoms with Gasteiger partial charge in [0.15, 0.2) is 0 Å². The monoisotopic (exact) mass is 340 g/mol. The minimum Gasteiger partial charge on any atom is -0.495 e. The maximum Gasteiger partial charge on any atom is 0.253 e. The number of furan rings is 1. The van der Waals surface area contributed by atoms with Crippen LogP contribution in [0.5, 0.6) is 5.75 Å². The Balaban J connectivity index is 1.60. The third-order valence-electron chi connectivity index (χ3n) is 5.22. The molecule has 1 aromatic carbocycles. The maximum absolute atomic E-state index is 12.7. The first kappa shape index (κ1) is 16.1. The molecule has 1 atom stereocenters. The third kappa shape index (κ3) is 3.11. The van der Waals surface area contributed by atoms with Crippen LogP contribution in [-0.2, 0) is 6.42 Å². The van der Waals surface area contributed by atoms with Crippen LogP contribution in [0, 0.1) is 0 Å². The normalized spacial score (nSPS) is 19.6. The van der Waals surface area contributed by atoms with Gasteiger partial charge in [-0.25, -0.2) is 0 Å². The molecule has 1 fully saturated rings. The van der Waals surface area contributed by atoms with Crippen LogP contribution in [0.3, 0.4) is 0 Å². The molecule has 1 aliphatic carbocycles. The van der Waals surface area contributed by atoms with E-state index in [0.717, 1.165) is 62.4 Å². The van der Waals surface area contributed by atoms with E-state index in [0.29, 0.717) is 5.56 Å². The predicted octanol–water partition coefficient (Wildman–Crippen LogP) is 4.01. The first-order valence-corrected chi connectivity index (χ1v) is 9.06. The highest BCUT2D eigenvalue weighted by atomic mass is 16.5. The number of methoxy groups -OCH3 is 1. The zero-order valence-corrected chi connectivity index (χ0v) is 14.6. The summed E-state index contributed by atoms with van der Waals surface area (Å²) in [5.74, 6) is 1.93. The van der Waals surface area contributed by atoms with E-state index >= 15 is 0 Å². The van der Waals surface area contributed by atoms with Gasteiger partial charge in [-0.3, -0.25) is 4.79 Å². The molecular weight excluding hydrogens is 316 g/mol. The summed E-state index contributed by atoms with van der Waals surface area (Å²) >= 11 is 0. The Kier molecular flexibility index (Phi) is 4.38. The summed E-state index contributed by atoms with van der Waals surface area (Å²) in [6.45, 7) is 1.71. The Morgan fingerprint density at radius 1 is 1.24 bits per heavy atom. The van der Waals surface area contributed by atoms with Gasteiger partial charge in [-0.15, -0.1) is 0 Å². The number of carbonyl (C=O) groups excluding carboxylic acids is 1. The number of ether oxygens (including phenoxy) is 1. The molecule has 132 valence electrons. The molecule has 0 spiro atoms. The molecular formula is C20H24N2O3. The minimum atomic E-state index is 0.107. The van der Waals surface area contributed by atoms with Gasteiger partial charge in [-0.1, -0.05) is 0 Å². The number of nitrogens with zero attached hydrogens (tertiary/aromatic N) is 1. The molecule has 2 aliphatic rings. The van der Waals surface area contributed by atoms with E-state index in [4.69, 9.17) is 9.15 Å². The van der Waals surface area contributed by atoms with Crippen molar-refractivity contribution in [3.63, 3.8) is 0 Å². The molecule has 2 aromatic rings. The average Bonchev–Trinajstić information content (AvgIpc) is 3.33. The lowest BCUT2D eigenvalue weighted by Gasteiger charge is -2.25. The van der Waals surface area contributed by atoms with Crippen molar-refractivity contribution in [2.24, 2.45) is 0 Å². The van der Waals surface area contributed by atoms with E-state index in [9.17, 15) is 4.79 Å². The number of carbonyl (C=O) groups is 1. The fraction of sp³-hybridized carbons (Fsp3) is 0.450. The summed E-state index contributed by atoms with van der Waals surface area (Å²) in [6.07, 6.45) is 7.07. The molecule has 2 heterocycles. The van der Waals surface area contributed by atoms with Crippen LogP contribution in [0.25, 0.3) is 0 Å². The number of amides is 1. The number of fused-ring (bicyclic) bond motifs is 1. The van der Waals surface area contributed by atoms with Crippen LogP contribution in [-0.4, -0.2) is 31.0 Å². The molecule has 1 N–H and O–H groups in total. The van der Waals surface area contributed by atoms with Crippen LogP contribution in [0.1, 0.15) is 53.4 Å². The van der Waals surface area contributed by atoms with Crippen LogP contribution < -0.4 is 10.1 Å². The van der Waals surface area contributed by atoms with E-state index < -0.39 is 0 Å². The predicted molar refractivity (Wildman–Crippen MR) is 96.1 cm³/mol. The highest BCUT2D eigenvalue weighted by Gasteiger charge is 2.25.